The SMILES string of the molecule is CCC(CO)NCC(O)Cn1c(C)c(C)c2ccccc21.O=C(O)C(=O)O. The smallest absolute Gasteiger partial charge is 0.414 e. The minimum atomic E-state index is -1.82. The van der Waals surface area contributed by atoms with Crippen LogP contribution in [0.4, 0.5) is 0 Å². The fourth-order valence-electron chi connectivity index (χ4n) is 2.76. The van der Waals surface area contributed by atoms with Crippen LogP contribution in [0.1, 0.15) is 24.6 Å². The molecule has 5 N–H and O–H groups in total. The number of hydrogen-bond acceptors (Lipinski definition) is 5. The average Bonchev–Trinajstić information content (AvgIpc) is 2.88. The first-order valence-electron chi connectivity index (χ1n) is 8.75. The van der Waals surface area contributed by atoms with E-state index in [1.807, 2.05) is 19.1 Å². The molecule has 150 valence electrons. The Labute approximate surface area is 158 Å². The summed E-state index contributed by atoms with van der Waals surface area (Å²) in [7, 11) is 0. The van der Waals surface area contributed by atoms with Gasteiger partial charge in [-0.2, -0.15) is 0 Å². The van der Waals surface area contributed by atoms with Crippen molar-refractivity contribution in [3.63, 3.8) is 0 Å². The number of hydrogen-bond donors (Lipinski definition) is 5. The van der Waals surface area contributed by atoms with E-state index in [-0.39, 0.29) is 12.6 Å². The summed E-state index contributed by atoms with van der Waals surface area (Å²) in [6.07, 6.45) is 0.382. The van der Waals surface area contributed by atoms with Gasteiger partial charge < -0.3 is 30.3 Å². The molecule has 0 saturated carbocycles. The first-order valence-corrected chi connectivity index (χ1v) is 8.75. The molecule has 0 amide bonds. The quantitative estimate of drug-likeness (QED) is 0.455. The van der Waals surface area contributed by atoms with Crippen molar-refractivity contribution < 1.29 is 30.0 Å². The van der Waals surface area contributed by atoms with Gasteiger partial charge in [-0.25, -0.2) is 9.59 Å². The van der Waals surface area contributed by atoms with Crippen LogP contribution in [0.2, 0.25) is 0 Å². The Hall–Kier alpha value is -2.42. The van der Waals surface area contributed by atoms with Crippen LogP contribution in [-0.4, -0.2) is 62.2 Å². The number of aliphatic carboxylic acids is 2. The molecule has 0 spiro atoms. The van der Waals surface area contributed by atoms with Crippen molar-refractivity contribution in [3.8, 4) is 0 Å². The number of benzene rings is 1. The van der Waals surface area contributed by atoms with Gasteiger partial charge >= 0.3 is 11.9 Å². The molecule has 2 aromatic rings. The van der Waals surface area contributed by atoms with E-state index in [1.165, 1.54) is 22.2 Å². The van der Waals surface area contributed by atoms with Crippen LogP contribution < -0.4 is 5.32 Å². The number of nitrogens with one attached hydrogen (secondary N) is 1. The normalized spacial score (nSPS) is 12.9. The minimum Gasteiger partial charge on any atom is -0.473 e. The highest BCUT2D eigenvalue weighted by atomic mass is 16.4. The summed E-state index contributed by atoms with van der Waals surface area (Å²) in [5.41, 5.74) is 3.64. The molecule has 0 aliphatic heterocycles. The summed E-state index contributed by atoms with van der Waals surface area (Å²) >= 11 is 0. The Bertz CT molecular complexity index is 755. The molecule has 1 aromatic heterocycles. The van der Waals surface area contributed by atoms with Gasteiger partial charge in [-0.05, 0) is 31.9 Å². The van der Waals surface area contributed by atoms with Crippen molar-refractivity contribution in [1.82, 2.24) is 9.88 Å². The average molecular weight is 380 g/mol. The molecular formula is C19H28N2O6. The Kier molecular flexibility index (Phi) is 8.93. The zero-order valence-corrected chi connectivity index (χ0v) is 15.8. The van der Waals surface area contributed by atoms with Crippen LogP contribution in [0.5, 0.6) is 0 Å². The van der Waals surface area contributed by atoms with E-state index in [2.05, 4.69) is 35.9 Å². The number of carboxylic acids is 2. The molecule has 0 fully saturated rings. The van der Waals surface area contributed by atoms with Gasteiger partial charge in [0.15, 0.2) is 0 Å². The standard InChI is InChI=1S/C17H26N2O2.C2H2O4/c1-4-14(11-20)18-9-15(21)10-19-13(3)12(2)16-7-5-6-8-17(16)19;3-1(4)2(5)6/h5-8,14-15,18,20-21H,4,9-11H2,1-3H3;(H,3,4)(H,5,6). The van der Waals surface area contributed by atoms with Gasteiger partial charge in [-0.15, -0.1) is 0 Å². The molecule has 2 atom stereocenters. The van der Waals surface area contributed by atoms with Crippen LogP contribution in [0.15, 0.2) is 24.3 Å². The lowest BCUT2D eigenvalue weighted by Crippen LogP contribution is -2.39. The number of aryl methyl sites for hydroxylation is 1. The zero-order valence-electron chi connectivity index (χ0n) is 15.8. The van der Waals surface area contributed by atoms with Crippen LogP contribution in [-0.2, 0) is 16.1 Å². The van der Waals surface area contributed by atoms with Crippen molar-refractivity contribution in [2.45, 2.75) is 45.9 Å². The second kappa shape index (κ2) is 10.7. The lowest BCUT2D eigenvalue weighted by molar-refractivity contribution is -0.159. The van der Waals surface area contributed by atoms with Crippen LogP contribution in [0.3, 0.4) is 0 Å². The van der Waals surface area contributed by atoms with Crippen molar-refractivity contribution >= 4 is 22.8 Å². The molecule has 27 heavy (non-hydrogen) atoms. The van der Waals surface area contributed by atoms with Crippen molar-refractivity contribution in [2.75, 3.05) is 13.2 Å². The van der Waals surface area contributed by atoms with Crippen LogP contribution in [0, 0.1) is 13.8 Å². The predicted molar refractivity (Wildman–Crippen MR) is 102 cm³/mol. The third-order valence-electron chi connectivity index (χ3n) is 4.48. The van der Waals surface area contributed by atoms with Gasteiger partial charge in [0.05, 0.1) is 19.3 Å². The molecule has 8 nitrogen and oxygen atoms in total. The summed E-state index contributed by atoms with van der Waals surface area (Å²) in [5, 5.41) is 38.7. The lowest BCUT2D eigenvalue weighted by Gasteiger charge is -2.19. The Morgan fingerprint density at radius 1 is 1.15 bits per heavy atom. The first kappa shape index (κ1) is 22.6. The number of carboxylic acid groups (broad SMARTS) is 2. The topological polar surface area (TPSA) is 132 Å². The molecule has 0 saturated heterocycles. The Morgan fingerprint density at radius 2 is 1.74 bits per heavy atom. The van der Waals surface area contributed by atoms with E-state index in [0.717, 1.165) is 6.42 Å². The number of para-hydroxylation sites is 1. The van der Waals surface area contributed by atoms with Gasteiger partial charge in [-0.3, -0.25) is 0 Å². The number of fused-ring (bicyclic) bond motifs is 1. The maximum Gasteiger partial charge on any atom is 0.414 e. The van der Waals surface area contributed by atoms with Crippen molar-refractivity contribution in [2.24, 2.45) is 0 Å². The van der Waals surface area contributed by atoms with Gasteiger partial charge in [-0.1, -0.05) is 25.1 Å². The molecule has 2 unspecified atom stereocenters. The van der Waals surface area contributed by atoms with E-state index < -0.39 is 18.0 Å². The summed E-state index contributed by atoms with van der Waals surface area (Å²) in [6, 6.07) is 8.35. The van der Waals surface area contributed by atoms with Crippen LogP contribution >= 0.6 is 0 Å². The Morgan fingerprint density at radius 3 is 2.26 bits per heavy atom. The fraction of sp³-hybridized carbons (Fsp3) is 0.474. The summed E-state index contributed by atoms with van der Waals surface area (Å²) in [5.74, 6) is -3.65. The number of aliphatic hydroxyl groups excluding tert-OH is 2. The molecule has 0 aliphatic carbocycles. The highest BCUT2D eigenvalue weighted by Crippen LogP contribution is 2.25. The molecule has 8 heteroatoms. The number of rotatable bonds is 7. The molecular weight excluding hydrogens is 352 g/mol. The summed E-state index contributed by atoms with van der Waals surface area (Å²) in [6.45, 7) is 7.40. The van der Waals surface area contributed by atoms with Gasteiger partial charge in [0.2, 0.25) is 0 Å². The molecule has 1 heterocycles. The predicted octanol–water partition coefficient (Wildman–Crippen LogP) is 1.14. The zero-order chi connectivity index (χ0) is 20.6. The number of nitrogens with zero attached hydrogens (tertiary/aromatic N) is 1. The highest BCUT2D eigenvalue weighted by molar-refractivity contribution is 6.27. The summed E-state index contributed by atoms with van der Waals surface area (Å²) in [4.78, 5) is 18.2. The van der Waals surface area contributed by atoms with Crippen molar-refractivity contribution in [1.29, 1.82) is 0 Å². The van der Waals surface area contributed by atoms with Gasteiger partial charge in [0, 0.05) is 29.2 Å². The van der Waals surface area contributed by atoms with Crippen molar-refractivity contribution in [3.05, 3.63) is 35.5 Å². The summed E-state index contributed by atoms with van der Waals surface area (Å²) < 4.78 is 2.18. The fourth-order valence-corrected chi connectivity index (χ4v) is 2.76. The van der Waals surface area contributed by atoms with E-state index in [4.69, 9.17) is 24.9 Å². The molecule has 1 aromatic carbocycles. The second-order valence-electron chi connectivity index (χ2n) is 6.30. The van der Waals surface area contributed by atoms with E-state index in [9.17, 15) is 5.11 Å². The van der Waals surface area contributed by atoms with Gasteiger partial charge in [0.25, 0.3) is 0 Å². The maximum atomic E-state index is 10.3. The van der Waals surface area contributed by atoms with Gasteiger partial charge in [0.1, 0.15) is 0 Å². The molecule has 0 radical (unpaired) electrons. The van der Waals surface area contributed by atoms with E-state index >= 15 is 0 Å². The molecule has 2 rings (SSSR count). The van der Waals surface area contributed by atoms with E-state index in [0.29, 0.717) is 13.1 Å². The second-order valence-corrected chi connectivity index (χ2v) is 6.30. The van der Waals surface area contributed by atoms with Crippen LogP contribution in [0.25, 0.3) is 10.9 Å². The number of aliphatic hydroxyl groups is 2. The monoisotopic (exact) mass is 380 g/mol. The third-order valence-corrected chi connectivity index (χ3v) is 4.48. The number of carbonyl (C=O) groups is 2. The molecule has 0 bridgehead atoms. The number of aromatic nitrogens is 1. The highest BCUT2D eigenvalue weighted by Gasteiger charge is 2.14. The van der Waals surface area contributed by atoms with E-state index in [1.54, 1.807) is 0 Å². The maximum absolute atomic E-state index is 10.3. The third kappa shape index (κ3) is 6.35. The first-order chi connectivity index (χ1) is 12.7. The minimum absolute atomic E-state index is 0.0592. The lowest BCUT2D eigenvalue weighted by atomic mass is 10.2. The molecule has 0 aliphatic rings. The Balaban J connectivity index is 0.000000527. The largest absolute Gasteiger partial charge is 0.473 e.